The molecule has 11 heteroatoms. The highest BCUT2D eigenvalue weighted by atomic mass is 19.4. The quantitative estimate of drug-likeness (QED) is 0.513. The van der Waals surface area contributed by atoms with Crippen molar-refractivity contribution >= 4 is 0 Å². The fourth-order valence-electron chi connectivity index (χ4n) is 2.57. The summed E-state index contributed by atoms with van der Waals surface area (Å²) in [7, 11) is 0. The van der Waals surface area contributed by atoms with Gasteiger partial charge in [0.25, 0.3) is 0 Å². The SMILES string of the molecule is Cc1cccc(C(n2nnn(-c3cccc(C(F)(F)F)c3)c2=O)[N+](=O)[O-])c1. The van der Waals surface area contributed by atoms with Crippen molar-refractivity contribution in [2.45, 2.75) is 19.3 Å². The molecule has 0 aliphatic rings. The standard InChI is InChI=1S/C16H12F3N5O3/c1-10-4-2-5-11(8-10)14(24(26)27)23-15(25)22(20-21-23)13-7-3-6-12(9-13)16(17,18)19/h2-9,14H,1H3. The van der Waals surface area contributed by atoms with Gasteiger partial charge in [-0.3, -0.25) is 10.1 Å². The number of halogens is 3. The molecule has 3 aromatic rings. The topological polar surface area (TPSA) is 95.8 Å². The maximum Gasteiger partial charge on any atom is 0.416 e. The lowest BCUT2D eigenvalue weighted by Gasteiger charge is -2.09. The molecule has 0 bridgehead atoms. The van der Waals surface area contributed by atoms with Crippen LogP contribution in [0.5, 0.6) is 0 Å². The third kappa shape index (κ3) is 3.57. The number of aryl methyl sites for hydroxylation is 1. The molecule has 0 spiro atoms. The fraction of sp³-hybridized carbons (Fsp3) is 0.188. The van der Waals surface area contributed by atoms with Crippen LogP contribution in [0.4, 0.5) is 13.2 Å². The van der Waals surface area contributed by atoms with Crippen LogP contribution in [0.15, 0.2) is 53.3 Å². The molecule has 0 saturated heterocycles. The minimum atomic E-state index is -4.61. The van der Waals surface area contributed by atoms with E-state index < -0.39 is 28.5 Å². The van der Waals surface area contributed by atoms with Gasteiger partial charge in [0.05, 0.1) is 16.2 Å². The maximum absolute atomic E-state index is 12.9. The van der Waals surface area contributed by atoms with E-state index in [1.165, 1.54) is 18.2 Å². The number of nitrogens with zero attached hydrogens (tertiary/aromatic N) is 5. The number of tetrazole rings is 1. The van der Waals surface area contributed by atoms with Gasteiger partial charge in [-0.1, -0.05) is 23.8 Å². The second-order valence-corrected chi connectivity index (χ2v) is 5.74. The summed E-state index contributed by atoms with van der Waals surface area (Å²) >= 11 is 0. The Morgan fingerprint density at radius 1 is 1.11 bits per heavy atom. The first kappa shape index (κ1) is 18.3. The Balaban J connectivity index is 2.09. The van der Waals surface area contributed by atoms with Crippen molar-refractivity contribution in [2.24, 2.45) is 0 Å². The lowest BCUT2D eigenvalue weighted by Crippen LogP contribution is -2.32. The van der Waals surface area contributed by atoms with Crippen molar-refractivity contribution < 1.29 is 18.1 Å². The van der Waals surface area contributed by atoms with E-state index in [0.717, 1.165) is 17.7 Å². The molecule has 140 valence electrons. The van der Waals surface area contributed by atoms with Gasteiger partial charge in [0.2, 0.25) is 0 Å². The van der Waals surface area contributed by atoms with Crippen molar-refractivity contribution in [3.05, 3.63) is 85.8 Å². The van der Waals surface area contributed by atoms with E-state index in [1.54, 1.807) is 19.1 Å². The predicted molar refractivity (Wildman–Crippen MR) is 86.9 cm³/mol. The molecule has 1 heterocycles. The van der Waals surface area contributed by atoms with Crippen LogP contribution in [-0.2, 0) is 6.18 Å². The molecule has 0 amide bonds. The average Bonchev–Trinajstić information content (AvgIpc) is 2.96. The number of hydrogen-bond donors (Lipinski definition) is 0. The molecule has 0 fully saturated rings. The van der Waals surface area contributed by atoms with E-state index >= 15 is 0 Å². The van der Waals surface area contributed by atoms with E-state index in [0.29, 0.717) is 15.4 Å². The van der Waals surface area contributed by atoms with Crippen LogP contribution in [0.1, 0.15) is 22.9 Å². The van der Waals surface area contributed by atoms with E-state index in [1.807, 2.05) is 0 Å². The molecule has 0 N–H and O–H groups in total. The first-order chi connectivity index (χ1) is 12.7. The third-order valence-electron chi connectivity index (χ3n) is 3.79. The van der Waals surface area contributed by atoms with Crippen LogP contribution in [0.3, 0.4) is 0 Å². The van der Waals surface area contributed by atoms with E-state index in [9.17, 15) is 28.1 Å². The molecule has 3 rings (SSSR count). The van der Waals surface area contributed by atoms with Crippen molar-refractivity contribution in [3.63, 3.8) is 0 Å². The third-order valence-corrected chi connectivity index (χ3v) is 3.79. The lowest BCUT2D eigenvalue weighted by molar-refractivity contribution is -0.538. The Morgan fingerprint density at radius 3 is 2.44 bits per heavy atom. The molecule has 0 aliphatic heterocycles. The first-order valence-corrected chi connectivity index (χ1v) is 7.60. The molecule has 1 atom stereocenters. The number of benzene rings is 2. The summed E-state index contributed by atoms with van der Waals surface area (Å²) in [6, 6.07) is 10.2. The van der Waals surface area contributed by atoms with Crippen molar-refractivity contribution in [1.82, 2.24) is 19.8 Å². The van der Waals surface area contributed by atoms with Crippen LogP contribution >= 0.6 is 0 Å². The zero-order valence-corrected chi connectivity index (χ0v) is 13.8. The summed E-state index contributed by atoms with van der Waals surface area (Å²) in [6.45, 7) is 1.72. The van der Waals surface area contributed by atoms with Gasteiger partial charge < -0.3 is 0 Å². The van der Waals surface area contributed by atoms with Gasteiger partial charge in [-0.2, -0.15) is 17.9 Å². The Bertz CT molecular complexity index is 1060. The maximum atomic E-state index is 12.9. The Hall–Kier alpha value is -3.50. The molecule has 1 aromatic heterocycles. The molecule has 8 nitrogen and oxygen atoms in total. The van der Waals surface area contributed by atoms with Gasteiger partial charge >= 0.3 is 18.0 Å². The highest BCUT2D eigenvalue weighted by Gasteiger charge is 2.32. The molecule has 27 heavy (non-hydrogen) atoms. The summed E-state index contributed by atoms with van der Waals surface area (Å²) in [5, 5.41) is 18.5. The van der Waals surface area contributed by atoms with Gasteiger partial charge in [-0.05, 0) is 47.7 Å². The van der Waals surface area contributed by atoms with Gasteiger partial charge in [0, 0.05) is 5.56 Å². The zero-order valence-electron chi connectivity index (χ0n) is 13.8. The van der Waals surface area contributed by atoms with Crippen molar-refractivity contribution in [1.29, 1.82) is 0 Å². The molecular weight excluding hydrogens is 367 g/mol. The highest BCUT2D eigenvalue weighted by molar-refractivity contribution is 5.35. The normalized spacial score (nSPS) is 12.7. The Labute approximate surface area is 149 Å². The van der Waals surface area contributed by atoms with Gasteiger partial charge in [-0.25, -0.2) is 4.79 Å². The second kappa shape index (κ2) is 6.67. The van der Waals surface area contributed by atoms with Gasteiger partial charge in [0.1, 0.15) is 0 Å². The molecule has 0 radical (unpaired) electrons. The molecule has 1 unspecified atom stereocenters. The molecular formula is C16H12F3N5O3. The van der Waals surface area contributed by atoms with Crippen LogP contribution < -0.4 is 5.69 Å². The number of nitro groups is 1. The number of aromatic nitrogens is 4. The molecule has 0 aliphatic carbocycles. The predicted octanol–water partition coefficient (Wildman–Crippen LogP) is 2.58. The average molecular weight is 379 g/mol. The minimum Gasteiger partial charge on any atom is -0.262 e. The Morgan fingerprint density at radius 2 is 1.81 bits per heavy atom. The lowest BCUT2D eigenvalue weighted by atomic mass is 10.1. The van der Waals surface area contributed by atoms with Crippen LogP contribution in [0.25, 0.3) is 5.69 Å². The van der Waals surface area contributed by atoms with Crippen molar-refractivity contribution in [2.75, 3.05) is 0 Å². The fourth-order valence-corrected chi connectivity index (χ4v) is 2.57. The van der Waals surface area contributed by atoms with Crippen LogP contribution in [0, 0.1) is 17.0 Å². The summed E-state index contributed by atoms with van der Waals surface area (Å²) < 4.78 is 39.7. The largest absolute Gasteiger partial charge is 0.416 e. The summed E-state index contributed by atoms with van der Waals surface area (Å²) in [5.41, 5.74) is -1.29. The van der Waals surface area contributed by atoms with Crippen molar-refractivity contribution in [3.8, 4) is 5.69 Å². The summed E-state index contributed by atoms with van der Waals surface area (Å²) in [5.74, 6) is 0. The molecule has 2 aromatic carbocycles. The minimum absolute atomic E-state index is 0.193. The van der Waals surface area contributed by atoms with Crippen LogP contribution in [-0.4, -0.2) is 24.7 Å². The molecule has 0 saturated carbocycles. The van der Waals surface area contributed by atoms with E-state index in [4.69, 9.17) is 0 Å². The second-order valence-electron chi connectivity index (χ2n) is 5.74. The monoisotopic (exact) mass is 379 g/mol. The van der Waals surface area contributed by atoms with Crippen LogP contribution in [0.2, 0.25) is 0 Å². The summed E-state index contributed by atoms with van der Waals surface area (Å²) in [6.07, 6.45) is -6.27. The van der Waals surface area contributed by atoms with E-state index in [2.05, 4.69) is 10.4 Å². The Kier molecular flexibility index (Phi) is 4.52. The smallest absolute Gasteiger partial charge is 0.262 e. The number of alkyl halides is 3. The zero-order chi connectivity index (χ0) is 19.8. The number of hydrogen-bond acceptors (Lipinski definition) is 5. The summed E-state index contributed by atoms with van der Waals surface area (Å²) in [4.78, 5) is 23.3. The first-order valence-electron chi connectivity index (χ1n) is 7.60. The number of rotatable bonds is 4. The van der Waals surface area contributed by atoms with Gasteiger partial charge in [-0.15, -0.1) is 4.68 Å². The highest BCUT2D eigenvalue weighted by Crippen LogP contribution is 2.30. The van der Waals surface area contributed by atoms with E-state index in [-0.39, 0.29) is 11.3 Å². The van der Waals surface area contributed by atoms with Gasteiger partial charge in [0.15, 0.2) is 0 Å².